The second-order valence-corrected chi connectivity index (χ2v) is 13.0. The molecule has 17 nitrogen and oxygen atoms in total. The Kier molecular flexibility index (Phi) is 16.9. The summed E-state index contributed by atoms with van der Waals surface area (Å²) in [5.74, 6) is -2.61. The van der Waals surface area contributed by atoms with Gasteiger partial charge in [0.15, 0.2) is 0 Å². The molecule has 0 saturated carbocycles. The van der Waals surface area contributed by atoms with E-state index in [-0.39, 0.29) is 70.6 Å². The van der Waals surface area contributed by atoms with Crippen molar-refractivity contribution in [3.8, 4) is 16.9 Å². The van der Waals surface area contributed by atoms with Gasteiger partial charge in [0, 0.05) is 39.0 Å². The zero-order valence-electron chi connectivity index (χ0n) is 29.3. The van der Waals surface area contributed by atoms with Gasteiger partial charge in [0.25, 0.3) is 0 Å². The molecule has 6 atom stereocenters. The van der Waals surface area contributed by atoms with Crippen LogP contribution in [0.5, 0.6) is 5.75 Å². The van der Waals surface area contributed by atoms with Crippen molar-refractivity contribution in [3.63, 3.8) is 0 Å². The second-order valence-electron chi connectivity index (χ2n) is 13.0. The first-order chi connectivity index (χ1) is 24.8. The molecular formula is C35H54N10O7. The van der Waals surface area contributed by atoms with Crippen molar-refractivity contribution in [2.45, 2.75) is 81.3 Å². The van der Waals surface area contributed by atoms with Crippen LogP contribution in [0, 0.1) is 0 Å². The third-order valence-electron chi connectivity index (χ3n) is 8.72. The van der Waals surface area contributed by atoms with Gasteiger partial charge in [0.2, 0.25) is 29.5 Å². The minimum atomic E-state index is -1.07. The molecule has 0 aliphatic carbocycles. The van der Waals surface area contributed by atoms with Crippen LogP contribution >= 0.6 is 0 Å². The number of amides is 5. The fourth-order valence-electron chi connectivity index (χ4n) is 5.56. The van der Waals surface area contributed by atoms with Crippen LogP contribution in [0.1, 0.15) is 43.2 Å². The molecule has 0 spiro atoms. The zero-order valence-corrected chi connectivity index (χ0v) is 29.3. The van der Waals surface area contributed by atoms with Crippen LogP contribution < -0.4 is 55.3 Å². The van der Waals surface area contributed by atoms with Crippen molar-refractivity contribution in [2.75, 3.05) is 32.7 Å². The number of hydrogen-bond acceptors (Lipinski definition) is 12. The highest BCUT2D eigenvalue weighted by molar-refractivity contribution is 5.93. The van der Waals surface area contributed by atoms with E-state index in [0.717, 1.165) is 16.7 Å². The van der Waals surface area contributed by atoms with E-state index in [1.54, 1.807) is 12.1 Å². The predicted molar refractivity (Wildman–Crippen MR) is 195 cm³/mol. The molecule has 0 saturated heterocycles. The second kappa shape index (κ2) is 21.0. The largest absolute Gasteiger partial charge is 0.508 e. The molecule has 5 amide bonds. The molecule has 52 heavy (non-hydrogen) atoms. The molecule has 1 aliphatic heterocycles. The zero-order chi connectivity index (χ0) is 38.2. The van der Waals surface area contributed by atoms with E-state index < -0.39 is 65.8 Å². The smallest absolute Gasteiger partial charge is 0.243 e. The number of aromatic hydroxyl groups is 1. The normalized spacial score (nSPS) is 19.5. The Morgan fingerprint density at radius 2 is 1.56 bits per heavy atom. The van der Waals surface area contributed by atoms with E-state index in [0.29, 0.717) is 18.4 Å². The van der Waals surface area contributed by atoms with Gasteiger partial charge in [0.1, 0.15) is 17.8 Å². The molecule has 0 aromatic heterocycles. The average molecular weight is 727 g/mol. The summed E-state index contributed by atoms with van der Waals surface area (Å²) in [6.07, 6.45) is 0.663. The van der Waals surface area contributed by atoms with E-state index in [2.05, 4.69) is 26.6 Å². The summed E-state index contributed by atoms with van der Waals surface area (Å²) in [6, 6.07) is 7.49. The topological polar surface area (TPSA) is 316 Å². The summed E-state index contributed by atoms with van der Waals surface area (Å²) in [5, 5.41) is 33.4. The highest BCUT2D eigenvalue weighted by atomic mass is 16.3. The Labute approximate surface area is 303 Å². The van der Waals surface area contributed by atoms with E-state index in [1.807, 2.05) is 24.3 Å². The van der Waals surface area contributed by atoms with Gasteiger partial charge in [-0.2, -0.15) is 0 Å². The number of phenolic OH excluding ortho intramolecular Hbond substituents is 1. The van der Waals surface area contributed by atoms with Crippen LogP contribution in [-0.2, 0) is 36.8 Å². The van der Waals surface area contributed by atoms with E-state index >= 15 is 0 Å². The summed E-state index contributed by atoms with van der Waals surface area (Å²) in [7, 11) is 0. The van der Waals surface area contributed by atoms with Crippen LogP contribution in [-0.4, -0.2) is 109 Å². The van der Waals surface area contributed by atoms with Gasteiger partial charge in [-0.15, -0.1) is 0 Å². The summed E-state index contributed by atoms with van der Waals surface area (Å²) in [6.45, 7) is 0.515. The molecule has 4 bridgehead atoms. The Bertz CT molecular complexity index is 1530. The van der Waals surface area contributed by atoms with Crippen LogP contribution in [0.25, 0.3) is 11.1 Å². The van der Waals surface area contributed by atoms with Gasteiger partial charge in [-0.1, -0.05) is 30.3 Å². The fourth-order valence-corrected chi connectivity index (χ4v) is 5.56. The summed E-state index contributed by atoms with van der Waals surface area (Å²) in [5.41, 5.74) is 31.9. The van der Waals surface area contributed by atoms with Crippen molar-refractivity contribution < 1.29 is 34.2 Å². The standard InChI is InChI=1S/C35H54N10O7/c36-11-2-7-28-35(52)45-29(15-20-4-1-5-21(14-20)22-8-9-30(47)23(16-22)17-27(40)33(50)44-28)34(51)42-13-10-26(39)31(48)41-12-3-6-25(38)32(49)43-19-24(46)18-37/h1,4-5,8-9,14,16,24-29,46-47H,2-3,6-7,10-13,15,17-19,36-40H2,(H,41,48)(H,42,51)(H,43,49)(H,44,50)(H,45,52)/t24?,25-,26-,27-,28-,29-/m0/s1. The van der Waals surface area contributed by atoms with Gasteiger partial charge in [-0.05, 0) is 73.0 Å². The van der Waals surface area contributed by atoms with E-state index in [1.165, 1.54) is 6.07 Å². The van der Waals surface area contributed by atoms with Gasteiger partial charge in [-0.3, -0.25) is 24.0 Å². The van der Waals surface area contributed by atoms with Crippen LogP contribution in [0.2, 0.25) is 0 Å². The van der Waals surface area contributed by atoms with Gasteiger partial charge >= 0.3 is 0 Å². The maximum atomic E-state index is 13.6. The molecule has 17 N–H and O–H groups in total. The van der Waals surface area contributed by atoms with Crippen LogP contribution in [0.4, 0.5) is 0 Å². The maximum absolute atomic E-state index is 13.6. The number of carbonyl (C=O) groups excluding carboxylic acids is 5. The van der Waals surface area contributed by atoms with Crippen molar-refractivity contribution >= 4 is 29.5 Å². The third-order valence-corrected chi connectivity index (χ3v) is 8.72. The number of phenols is 1. The molecule has 2 aromatic carbocycles. The fraction of sp³-hybridized carbons (Fsp3) is 0.514. The SMILES string of the molecule is NCCC[C@@H]1NC(=O)[C@@H](N)Cc2cc(ccc2O)-c2cccc(c2)C[C@@H](C(=O)NCC[C@H](N)C(=O)NCCC[C@H](N)C(=O)NCC(O)CN)NC1=O. The molecule has 0 fully saturated rings. The first-order valence-corrected chi connectivity index (χ1v) is 17.5. The quantitative estimate of drug-likeness (QED) is 0.0757. The number of aliphatic hydroxyl groups excluding tert-OH is 1. The van der Waals surface area contributed by atoms with Crippen LogP contribution in [0.3, 0.4) is 0 Å². The van der Waals surface area contributed by atoms with Crippen molar-refractivity contribution in [2.24, 2.45) is 28.7 Å². The number of benzene rings is 2. The molecular weight excluding hydrogens is 672 g/mol. The lowest BCUT2D eigenvalue weighted by Gasteiger charge is -2.24. The Balaban J connectivity index is 1.65. The van der Waals surface area contributed by atoms with Gasteiger partial charge in [-0.25, -0.2) is 0 Å². The highest BCUT2D eigenvalue weighted by Gasteiger charge is 2.29. The molecule has 2 aromatic rings. The van der Waals surface area contributed by atoms with Crippen LogP contribution in [0.15, 0.2) is 42.5 Å². The summed E-state index contributed by atoms with van der Waals surface area (Å²) < 4.78 is 0. The first-order valence-electron chi connectivity index (χ1n) is 17.5. The Morgan fingerprint density at radius 1 is 0.846 bits per heavy atom. The Morgan fingerprint density at radius 3 is 2.29 bits per heavy atom. The lowest BCUT2D eigenvalue weighted by Crippen LogP contribution is -2.56. The number of carbonyl (C=O) groups is 5. The Hall–Kier alpha value is -4.65. The number of hydrogen-bond donors (Lipinski definition) is 12. The predicted octanol–water partition coefficient (Wildman–Crippen LogP) is -3.31. The summed E-state index contributed by atoms with van der Waals surface area (Å²) >= 11 is 0. The molecule has 1 unspecified atom stereocenters. The number of rotatable bonds is 16. The van der Waals surface area contributed by atoms with Crippen molar-refractivity contribution in [1.82, 2.24) is 26.6 Å². The molecule has 1 heterocycles. The number of nitrogens with one attached hydrogen (secondary N) is 5. The van der Waals surface area contributed by atoms with Gasteiger partial charge in [0.05, 0.1) is 24.2 Å². The van der Waals surface area contributed by atoms with Gasteiger partial charge < -0.3 is 65.5 Å². The monoisotopic (exact) mass is 726 g/mol. The molecule has 1 aliphatic rings. The maximum Gasteiger partial charge on any atom is 0.243 e. The lowest BCUT2D eigenvalue weighted by atomic mass is 9.96. The summed E-state index contributed by atoms with van der Waals surface area (Å²) in [4.78, 5) is 64.8. The number of fused-ring (bicyclic) bond motifs is 5. The third kappa shape index (κ3) is 13.2. The highest BCUT2D eigenvalue weighted by Crippen LogP contribution is 2.28. The molecule has 286 valence electrons. The number of aliphatic hydroxyl groups is 1. The van der Waals surface area contributed by atoms with E-state index in [4.69, 9.17) is 28.7 Å². The van der Waals surface area contributed by atoms with E-state index in [9.17, 15) is 34.2 Å². The minimum Gasteiger partial charge on any atom is -0.508 e. The van der Waals surface area contributed by atoms with Crippen molar-refractivity contribution in [3.05, 3.63) is 53.6 Å². The lowest BCUT2D eigenvalue weighted by molar-refractivity contribution is -0.132. The van der Waals surface area contributed by atoms with Crippen molar-refractivity contribution in [1.29, 1.82) is 0 Å². The molecule has 0 radical (unpaired) electrons. The number of nitrogens with two attached hydrogens (primary N) is 5. The molecule has 3 rings (SSSR count). The first kappa shape index (κ1) is 41.8. The molecule has 17 heteroatoms. The average Bonchev–Trinajstić information content (AvgIpc) is 3.13. The minimum absolute atomic E-state index is 0.00409.